The first-order chi connectivity index (χ1) is 14.6. The number of carbonyl (C=O) groups excluding carboxylic acids is 1. The highest BCUT2D eigenvalue weighted by Gasteiger charge is 2.47. The van der Waals surface area contributed by atoms with Gasteiger partial charge in [-0.25, -0.2) is 0 Å². The third kappa shape index (κ3) is 3.73. The predicted octanol–water partition coefficient (Wildman–Crippen LogP) is 3.13. The number of aromatic nitrogens is 2. The molecular formula is C24H28N4O2. The molecule has 0 unspecified atom stereocenters. The number of para-hydroxylation sites is 1. The van der Waals surface area contributed by atoms with Gasteiger partial charge in [-0.2, -0.15) is 0 Å². The number of rotatable bonds is 5. The highest BCUT2D eigenvalue weighted by molar-refractivity contribution is 5.98. The molecule has 6 heteroatoms. The molecule has 0 radical (unpaired) electrons. The first-order valence-electron chi connectivity index (χ1n) is 10.7. The van der Waals surface area contributed by atoms with E-state index in [2.05, 4.69) is 27.3 Å². The minimum absolute atomic E-state index is 0.0177. The van der Waals surface area contributed by atoms with Crippen LogP contribution in [-0.2, 0) is 18.3 Å². The first kappa shape index (κ1) is 19.3. The fraction of sp³-hybridized carbons (Fsp3) is 0.417. The van der Waals surface area contributed by atoms with Crippen molar-refractivity contribution in [3.63, 3.8) is 0 Å². The average molecular weight is 405 g/mol. The summed E-state index contributed by atoms with van der Waals surface area (Å²) >= 11 is 0. The van der Waals surface area contributed by atoms with Crippen molar-refractivity contribution in [2.45, 2.75) is 37.5 Å². The maximum Gasteiger partial charge on any atom is 0.268 e. The Bertz CT molecular complexity index is 1030. The molecule has 30 heavy (non-hydrogen) atoms. The first-order valence-corrected chi connectivity index (χ1v) is 10.7. The highest BCUT2D eigenvalue weighted by atomic mass is 16.5. The van der Waals surface area contributed by atoms with Crippen LogP contribution in [-0.4, -0.2) is 51.7 Å². The van der Waals surface area contributed by atoms with Gasteiger partial charge in [0.1, 0.15) is 5.69 Å². The van der Waals surface area contributed by atoms with Gasteiger partial charge in [0.15, 0.2) is 0 Å². The van der Waals surface area contributed by atoms with Gasteiger partial charge in [-0.05, 0) is 42.7 Å². The topological polar surface area (TPSA) is 59.4 Å². The molecule has 6 nitrogen and oxygen atoms in total. The number of hydrogen-bond donors (Lipinski definition) is 1. The SMILES string of the molecule is Cn1c(C(=O)NC[C@H]2CC3(CCN(Cc4ccncc4)CC3)O2)cc2ccccc21. The Kier molecular flexibility index (Phi) is 5.05. The molecule has 1 N–H and O–H groups in total. The van der Waals surface area contributed by atoms with Crippen LogP contribution >= 0.6 is 0 Å². The molecule has 1 spiro atoms. The van der Waals surface area contributed by atoms with Gasteiger partial charge in [-0.1, -0.05) is 18.2 Å². The van der Waals surface area contributed by atoms with E-state index in [-0.39, 0.29) is 17.6 Å². The molecule has 3 aromatic rings. The zero-order chi connectivity index (χ0) is 20.6. The number of amides is 1. The third-order valence-electron chi connectivity index (χ3n) is 6.61. The molecular weight excluding hydrogens is 376 g/mol. The highest BCUT2D eigenvalue weighted by Crippen LogP contribution is 2.41. The second kappa shape index (κ2) is 7.85. The average Bonchev–Trinajstić information content (AvgIpc) is 3.09. The zero-order valence-corrected chi connectivity index (χ0v) is 17.4. The van der Waals surface area contributed by atoms with Crippen molar-refractivity contribution < 1.29 is 9.53 Å². The van der Waals surface area contributed by atoms with Gasteiger partial charge >= 0.3 is 0 Å². The number of nitrogens with zero attached hydrogens (tertiary/aromatic N) is 3. The van der Waals surface area contributed by atoms with Crippen LogP contribution in [0.5, 0.6) is 0 Å². The van der Waals surface area contributed by atoms with Crippen LogP contribution < -0.4 is 5.32 Å². The summed E-state index contributed by atoms with van der Waals surface area (Å²) in [5.41, 5.74) is 3.09. The second-order valence-corrected chi connectivity index (χ2v) is 8.62. The lowest BCUT2D eigenvalue weighted by molar-refractivity contribution is -0.222. The standard InChI is InChI=1S/C24H28N4O2/c1-27-21-5-3-2-4-19(21)14-22(27)23(29)26-16-20-15-24(30-20)8-12-28(13-9-24)17-18-6-10-25-11-7-18/h2-7,10-11,14,20H,8-9,12-13,15-17H2,1H3,(H,26,29)/t20-/m1/s1. The van der Waals surface area contributed by atoms with Crippen LogP contribution in [0, 0.1) is 0 Å². The molecule has 2 aliphatic rings. The van der Waals surface area contributed by atoms with E-state index in [4.69, 9.17) is 4.74 Å². The van der Waals surface area contributed by atoms with Crippen molar-refractivity contribution in [1.29, 1.82) is 0 Å². The molecule has 0 aliphatic carbocycles. The van der Waals surface area contributed by atoms with Gasteiger partial charge in [0, 0.05) is 62.9 Å². The number of hydrogen-bond acceptors (Lipinski definition) is 4. The summed E-state index contributed by atoms with van der Waals surface area (Å²) in [5.74, 6) is -0.0366. The summed E-state index contributed by atoms with van der Waals surface area (Å²) in [5, 5.41) is 4.15. The van der Waals surface area contributed by atoms with Gasteiger partial charge in [0.05, 0.1) is 11.7 Å². The molecule has 1 atom stereocenters. The number of piperidine rings is 1. The van der Waals surface area contributed by atoms with E-state index in [1.165, 1.54) is 5.56 Å². The Balaban J connectivity index is 1.09. The monoisotopic (exact) mass is 404 g/mol. The van der Waals surface area contributed by atoms with E-state index in [0.29, 0.717) is 12.2 Å². The van der Waals surface area contributed by atoms with Gasteiger partial charge in [0.25, 0.3) is 5.91 Å². The van der Waals surface area contributed by atoms with Crippen molar-refractivity contribution in [3.05, 3.63) is 66.1 Å². The van der Waals surface area contributed by atoms with Gasteiger partial charge in [0.2, 0.25) is 0 Å². The van der Waals surface area contributed by atoms with Crippen molar-refractivity contribution in [1.82, 2.24) is 19.8 Å². The molecule has 2 aliphatic heterocycles. The summed E-state index contributed by atoms with van der Waals surface area (Å²) < 4.78 is 8.23. The Hall–Kier alpha value is -2.70. The number of aryl methyl sites for hydroxylation is 1. The molecule has 2 fully saturated rings. The summed E-state index contributed by atoms with van der Waals surface area (Å²) in [6.45, 7) is 3.65. The molecule has 2 saturated heterocycles. The van der Waals surface area contributed by atoms with Crippen LogP contribution in [0.2, 0.25) is 0 Å². The largest absolute Gasteiger partial charge is 0.370 e. The molecule has 0 saturated carbocycles. The Morgan fingerprint density at radius 2 is 1.93 bits per heavy atom. The number of nitrogens with one attached hydrogen (secondary N) is 1. The van der Waals surface area contributed by atoms with Crippen LogP contribution in [0.25, 0.3) is 10.9 Å². The van der Waals surface area contributed by atoms with E-state index in [9.17, 15) is 4.79 Å². The molecule has 4 heterocycles. The van der Waals surface area contributed by atoms with Crippen LogP contribution in [0.4, 0.5) is 0 Å². The minimum Gasteiger partial charge on any atom is -0.370 e. The number of fused-ring (bicyclic) bond motifs is 1. The summed E-state index contributed by atoms with van der Waals surface area (Å²) in [6, 6.07) is 14.2. The smallest absolute Gasteiger partial charge is 0.268 e. The molecule has 5 rings (SSSR count). The van der Waals surface area contributed by atoms with Crippen LogP contribution in [0.15, 0.2) is 54.9 Å². The van der Waals surface area contributed by atoms with Gasteiger partial charge < -0.3 is 14.6 Å². The van der Waals surface area contributed by atoms with Gasteiger partial charge in [-0.3, -0.25) is 14.7 Å². The van der Waals surface area contributed by atoms with Gasteiger partial charge in [-0.15, -0.1) is 0 Å². The summed E-state index contributed by atoms with van der Waals surface area (Å²) in [6.07, 6.45) is 6.98. The normalized spacial score (nSPS) is 20.9. The van der Waals surface area contributed by atoms with Crippen LogP contribution in [0.1, 0.15) is 35.3 Å². The molecule has 2 aromatic heterocycles. The zero-order valence-electron chi connectivity index (χ0n) is 17.4. The van der Waals surface area contributed by atoms with Crippen molar-refractivity contribution in [2.75, 3.05) is 19.6 Å². The van der Waals surface area contributed by atoms with E-state index in [1.54, 1.807) is 0 Å². The van der Waals surface area contributed by atoms with Crippen molar-refractivity contribution in [3.8, 4) is 0 Å². The molecule has 156 valence electrons. The Morgan fingerprint density at radius 3 is 2.67 bits per heavy atom. The number of likely N-dealkylation sites (tertiary alicyclic amines) is 1. The summed E-state index contributed by atoms with van der Waals surface area (Å²) in [7, 11) is 1.94. The second-order valence-electron chi connectivity index (χ2n) is 8.62. The van der Waals surface area contributed by atoms with E-state index >= 15 is 0 Å². The Labute approximate surface area is 176 Å². The maximum absolute atomic E-state index is 12.7. The Morgan fingerprint density at radius 1 is 1.20 bits per heavy atom. The number of pyridine rings is 1. The fourth-order valence-electron chi connectivity index (χ4n) is 4.86. The fourth-order valence-corrected chi connectivity index (χ4v) is 4.86. The maximum atomic E-state index is 12.7. The van der Waals surface area contributed by atoms with E-state index in [0.717, 1.165) is 49.8 Å². The minimum atomic E-state index is -0.0366. The van der Waals surface area contributed by atoms with Crippen molar-refractivity contribution >= 4 is 16.8 Å². The van der Waals surface area contributed by atoms with E-state index < -0.39 is 0 Å². The quantitative estimate of drug-likeness (QED) is 0.710. The molecule has 1 amide bonds. The lowest BCUT2D eigenvalue weighted by atomic mass is 9.80. The number of carbonyl (C=O) groups is 1. The number of benzene rings is 1. The molecule has 0 bridgehead atoms. The van der Waals surface area contributed by atoms with Crippen LogP contribution in [0.3, 0.4) is 0 Å². The predicted molar refractivity (Wildman–Crippen MR) is 116 cm³/mol. The van der Waals surface area contributed by atoms with Crippen molar-refractivity contribution in [2.24, 2.45) is 7.05 Å². The lowest BCUT2D eigenvalue weighted by Crippen LogP contribution is -2.59. The lowest BCUT2D eigenvalue weighted by Gasteiger charge is -2.52. The van der Waals surface area contributed by atoms with E-state index in [1.807, 2.05) is 54.3 Å². The summed E-state index contributed by atoms with van der Waals surface area (Å²) in [4.78, 5) is 19.2. The number of ether oxygens (including phenoxy) is 1. The third-order valence-corrected chi connectivity index (χ3v) is 6.61. The molecule has 1 aromatic carbocycles.